The predicted molar refractivity (Wildman–Crippen MR) is 67.3 cm³/mol. The number of nitrogens with zero attached hydrogens (tertiary/aromatic N) is 3. The minimum atomic E-state index is -0.592. The highest BCUT2D eigenvalue weighted by atomic mass is 16.6. The average molecular weight is 259 g/mol. The van der Waals surface area contributed by atoms with Crippen LogP contribution in [0.5, 0.6) is 5.75 Å². The molecule has 19 heavy (non-hydrogen) atoms. The van der Waals surface area contributed by atoms with Crippen molar-refractivity contribution in [3.8, 4) is 17.9 Å². The largest absolute Gasteiger partial charge is 0.487 e. The van der Waals surface area contributed by atoms with Crippen LogP contribution in [0.4, 0.5) is 5.69 Å². The molecule has 0 radical (unpaired) electrons. The summed E-state index contributed by atoms with van der Waals surface area (Å²) in [5.74, 6) is 0.109. The van der Waals surface area contributed by atoms with Gasteiger partial charge in [0.2, 0.25) is 0 Å². The zero-order valence-electron chi connectivity index (χ0n) is 10.7. The van der Waals surface area contributed by atoms with Crippen LogP contribution in [0, 0.1) is 38.2 Å². The standard InChI is InChI=1S/C13H13N3O3/c1-13(2,9-15)5-6-19-12-4-3-10(8-14)7-11(12)16(17)18/h3-4,7H,5-6H2,1-2H3. The number of hydrogen-bond acceptors (Lipinski definition) is 5. The van der Waals surface area contributed by atoms with E-state index in [9.17, 15) is 10.1 Å². The SMILES string of the molecule is CC(C)(C#N)CCOc1ccc(C#N)cc1[N+](=O)[O-]. The smallest absolute Gasteiger partial charge is 0.312 e. The summed E-state index contributed by atoms with van der Waals surface area (Å²) < 4.78 is 5.33. The van der Waals surface area contributed by atoms with Crippen molar-refractivity contribution in [2.45, 2.75) is 20.3 Å². The van der Waals surface area contributed by atoms with Crippen molar-refractivity contribution in [3.05, 3.63) is 33.9 Å². The van der Waals surface area contributed by atoms with Gasteiger partial charge in [-0.3, -0.25) is 10.1 Å². The molecule has 6 heteroatoms. The monoisotopic (exact) mass is 259 g/mol. The van der Waals surface area contributed by atoms with E-state index in [-0.39, 0.29) is 23.6 Å². The summed E-state index contributed by atoms with van der Waals surface area (Å²) in [4.78, 5) is 10.3. The van der Waals surface area contributed by atoms with Crippen LogP contribution in [0.25, 0.3) is 0 Å². The molecule has 0 atom stereocenters. The Hall–Kier alpha value is -2.60. The normalized spacial score (nSPS) is 10.3. The van der Waals surface area contributed by atoms with E-state index in [1.165, 1.54) is 18.2 Å². The lowest BCUT2D eigenvalue weighted by Gasteiger charge is -2.15. The Morgan fingerprint density at radius 3 is 2.63 bits per heavy atom. The number of rotatable bonds is 5. The molecule has 0 heterocycles. The first-order valence-electron chi connectivity index (χ1n) is 5.62. The molecule has 0 saturated carbocycles. The maximum atomic E-state index is 10.9. The Balaban J connectivity index is 2.82. The molecule has 0 aliphatic heterocycles. The van der Waals surface area contributed by atoms with Crippen molar-refractivity contribution in [2.75, 3.05) is 6.61 Å². The predicted octanol–water partition coefficient (Wildman–Crippen LogP) is 2.79. The number of ether oxygens (including phenoxy) is 1. The fourth-order valence-electron chi connectivity index (χ4n) is 1.32. The van der Waals surface area contributed by atoms with Crippen LogP contribution < -0.4 is 4.74 Å². The number of nitriles is 2. The molecule has 0 aromatic heterocycles. The van der Waals surface area contributed by atoms with Crippen LogP contribution in [0.3, 0.4) is 0 Å². The number of nitro groups is 1. The van der Waals surface area contributed by atoms with Gasteiger partial charge >= 0.3 is 5.69 Å². The van der Waals surface area contributed by atoms with Crippen LogP contribution in [0.2, 0.25) is 0 Å². The third kappa shape index (κ3) is 3.97. The molecule has 0 N–H and O–H groups in total. The third-order valence-corrected chi connectivity index (χ3v) is 2.57. The lowest BCUT2D eigenvalue weighted by atomic mass is 9.92. The molecule has 98 valence electrons. The topological polar surface area (TPSA) is 99.9 Å². The summed E-state index contributed by atoms with van der Waals surface area (Å²) in [7, 11) is 0. The van der Waals surface area contributed by atoms with Gasteiger partial charge in [0.05, 0.1) is 34.6 Å². The zero-order valence-corrected chi connectivity index (χ0v) is 10.7. The van der Waals surface area contributed by atoms with Gasteiger partial charge in [0.1, 0.15) is 0 Å². The van der Waals surface area contributed by atoms with Gasteiger partial charge in [0.15, 0.2) is 5.75 Å². The molecule has 1 aromatic carbocycles. The lowest BCUT2D eigenvalue weighted by Crippen LogP contribution is -2.13. The molecule has 0 amide bonds. The minimum Gasteiger partial charge on any atom is -0.487 e. The average Bonchev–Trinajstić information content (AvgIpc) is 2.38. The van der Waals surface area contributed by atoms with E-state index < -0.39 is 10.3 Å². The first kappa shape index (κ1) is 14.5. The molecule has 0 saturated heterocycles. The Bertz CT molecular complexity index is 567. The summed E-state index contributed by atoms with van der Waals surface area (Å²) in [5, 5.41) is 28.4. The van der Waals surface area contributed by atoms with Crippen LogP contribution in [-0.2, 0) is 0 Å². The van der Waals surface area contributed by atoms with Crippen LogP contribution in [0.1, 0.15) is 25.8 Å². The fraction of sp³-hybridized carbons (Fsp3) is 0.385. The van der Waals surface area contributed by atoms with E-state index in [1.807, 2.05) is 6.07 Å². The molecule has 1 aromatic rings. The number of nitro benzene ring substituents is 1. The zero-order chi connectivity index (χ0) is 14.5. The van der Waals surface area contributed by atoms with Crippen LogP contribution in [0.15, 0.2) is 18.2 Å². The van der Waals surface area contributed by atoms with Gasteiger partial charge in [-0.2, -0.15) is 10.5 Å². The van der Waals surface area contributed by atoms with Crippen LogP contribution >= 0.6 is 0 Å². The third-order valence-electron chi connectivity index (χ3n) is 2.57. The van der Waals surface area contributed by atoms with Crippen molar-refractivity contribution in [1.29, 1.82) is 10.5 Å². The molecular formula is C13H13N3O3. The van der Waals surface area contributed by atoms with E-state index >= 15 is 0 Å². The highest BCUT2D eigenvalue weighted by molar-refractivity contribution is 5.51. The summed E-state index contributed by atoms with van der Waals surface area (Å²) in [5.41, 5.74) is -0.577. The molecular weight excluding hydrogens is 246 g/mol. The van der Waals surface area contributed by atoms with E-state index in [0.29, 0.717) is 6.42 Å². The van der Waals surface area contributed by atoms with E-state index in [0.717, 1.165) is 0 Å². The second-order valence-electron chi connectivity index (χ2n) is 4.65. The second-order valence-corrected chi connectivity index (χ2v) is 4.65. The first-order valence-corrected chi connectivity index (χ1v) is 5.62. The maximum absolute atomic E-state index is 10.9. The van der Waals surface area contributed by atoms with Gasteiger partial charge in [-0.05, 0) is 32.4 Å². The molecule has 1 rings (SSSR count). The van der Waals surface area contributed by atoms with E-state index in [2.05, 4.69) is 6.07 Å². The van der Waals surface area contributed by atoms with Crippen molar-refractivity contribution in [1.82, 2.24) is 0 Å². The molecule has 0 unspecified atom stereocenters. The van der Waals surface area contributed by atoms with Crippen molar-refractivity contribution in [2.24, 2.45) is 5.41 Å². The van der Waals surface area contributed by atoms with Gasteiger partial charge in [-0.1, -0.05) is 0 Å². The van der Waals surface area contributed by atoms with Crippen molar-refractivity contribution < 1.29 is 9.66 Å². The summed E-state index contributed by atoms with van der Waals surface area (Å²) in [6.07, 6.45) is 0.459. The molecule has 0 fully saturated rings. The second kappa shape index (κ2) is 5.83. The Labute approximate surface area is 111 Å². The summed E-state index contributed by atoms with van der Waals surface area (Å²) in [6, 6.07) is 7.99. The van der Waals surface area contributed by atoms with E-state index in [4.69, 9.17) is 15.3 Å². The molecule has 6 nitrogen and oxygen atoms in total. The Morgan fingerprint density at radius 1 is 1.42 bits per heavy atom. The molecule has 0 bridgehead atoms. The van der Waals surface area contributed by atoms with Gasteiger partial charge < -0.3 is 4.74 Å². The highest BCUT2D eigenvalue weighted by Crippen LogP contribution is 2.28. The maximum Gasteiger partial charge on any atom is 0.312 e. The van der Waals surface area contributed by atoms with E-state index in [1.54, 1.807) is 13.8 Å². The Kier molecular flexibility index (Phi) is 4.44. The van der Waals surface area contributed by atoms with Gasteiger partial charge in [-0.25, -0.2) is 0 Å². The summed E-state index contributed by atoms with van der Waals surface area (Å²) >= 11 is 0. The minimum absolute atomic E-state index is 0.109. The van der Waals surface area contributed by atoms with Crippen LogP contribution in [-0.4, -0.2) is 11.5 Å². The van der Waals surface area contributed by atoms with Crippen molar-refractivity contribution in [3.63, 3.8) is 0 Å². The van der Waals surface area contributed by atoms with Gasteiger partial charge in [0.25, 0.3) is 0 Å². The van der Waals surface area contributed by atoms with Gasteiger partial charge in [0, 0.05) is 6.07 Å². The highest BCUT2D eigenvalue weighted by Gasteiger charge is 2.19. The Morgan fingerprint density at radius 2 is 2.11 bits per heavy atom. The number of benzene rings is 1. The lowest BCUT2D eigenvalue weighted by molar-refractivity contribution is -0.385. The molecule has 0 aliphatic rings. The summed E-state index contributed by atoms with van der Waals surface area (Å²) in [6.45, 7) is 3.74. The first-order chi connectivity index (χ1) is 8.89. The number of hydrogen-bond donors (Lipinski definition) is 0. The van der Waals surface area contributed by atoms with Gasteiger partial charge in [-0.15, -0.1) is 0 Å². The van der Waals surface area contributed by atoms with Crippen molar-refractivity contribution >= 4 is 5.69 Å². The molecule has 0 aliphatic carbocycles. The fourth-order valence-corrected chi connectivity index (χ4v) is 1.32. The quantitative estimate of drug-likeness (QED) is 0.597. The molecule has 0 spiro atoms.